The van der Waals surface area contributed by atoms with Gasteiger partial charge in [0, 0.05) is 5.56 Å². The molecule has 0 aliphatic rings. The molecule has 0 N–H and O–H groups in total. The van der Waals surface area contributed by atoms with Crippen molar-refractivity contribution in [3.8, 4) is 10.6 Å². The standard InChI is InChI=1S/C16H12N2S2/c1-9-3-5-13-14(7-9)20-16(18-13)11-4-6-12-15(8-11)19-10(2)17-12/h3-8H,1-2H3. The molecule has 0 spiro atoms. The van der Waals surface area contributed by atoms with Gasteiger partial charge in [-0.3, -0.25) is 0 Å². The van der Waals surface area contributed by atoms with E-state index in [1.807, 2.05) is 6.92 Å². The van der Waals surface area contributed by atoms with Gasteiger partial charge in [-0.05, 0) is 49.7 Å². The molecule has 0 radical (unpaired) electrons. The highest BCUT2D eigenvalue weighted by atomic mass is 32.1. The summed E-state index contributed by atoms with van der Waals surface area (Å²) in [5, 5.41) is 2.19. The van der Waals surface area contributed by atoms with Crippen molar-refractivity contribution in [1.29, 1.82) is 0 Å². The molecule has 0 saturated carbocycles. The van der Waals surface area contributed by atoms with Gasteiger partial charge in [-0.1, -0.05) is 6.07 Å². The molecule has 2 nitrogen and oxygen atoms in total. The molecule has 2 aromatic heterocycles. The van der Waals surface area contributed by atoms with Crippen molar-refractivity contribution in [2.45, 2.75) is 13.8 Å². The van der Waals surface area contributed by atoms with Crippen LogP contribution >= 0.6 is 22.7 Å². The van der Waals surface area contributed by atoms with Gasteiger partial charge in [0.2, 0.25) is 0 Å². The van der Waals surface area contributed by atoms with Crippen molar-refractivity contribution < 1.29 is 0 Å². The van der Waals surface area contributed by atoms with Crippen LogP contribution in [0.2, 0.25) is 0 Å². The van der Waals surface area contributed by atoms with Gasteiger partial charge in [0.1, 0.15) is 5.01 Å². The zero-order chi connectivity index (χ0) is 13.7. The number of benzene rings is 2. The molecule has 0 unspecified atom stereocenters. The number of aromatic nitrogens is 2. The summed E-state index contributed by atoms with van der Waals surface area (Å²) in [6.07, 6.45) is 0. The zero-order valence-electron chi connectivity index (χ0n) is 11.2. The Morgan fingerprint density at radius 3 is 2.45 bits per heavy atom. The average molecular weight is 296 g/mol. The molecule has 0 bridgehead atoms. The Bertz CT molecular complexity index is 934. The second kappa shape index (κ2) is 4.36. The molecule has 0 fully saturated rings. The molecule has 4 heteroatoms. The fourth-order valence-corrected chi connectivity index (χ4v) is 4.25. The van der Waals surface area contributed by atoms with Crippen LogP contribution in [-0.4, -0.2) is 9.97 Å². The molecule has 20 heavy (non-hydrogen) atoms. The number of nitrogens with zero attached hydrogens (tertiary/aromatic N) is 2. The molecule has 4 rings (SSSR count). The molecule has 98 valence electrons. The molecular weight excluding hydrogens is 284 g/mol. The third-order valence-electron chi connectivity index (χ3n) is 3.29. The Hall–Kier alpha value is -1.78. The molecule has 2 heterocycles. The third kappa shape index (κ3) is 1.92. The first-order valence-corrected chi connectivity index (χ1v) is 8.07. The van der Waals surface area contributed by atoms with Crippen LogP contribution in [0.5, 0.6) is 0 Å². The van der Waals surface area contributed by atoms with Crippen molar-refractivity contribution in [1.82, 2.24) is 9.97 Å². The number of rotatable bonds is 1. The Morgan fingerprint density at radius 2 is 1.55 bits per heavy atom. The maximum Gasteiger partial charge on any atom is 0.124 e. The summed E-state index contributed by atoms with van der Waals surface area (Å²) in [4.78, 5) is 9.24. The Kier molecular flexibility index (Phi) is 2.62. The van der Waals surface area contributed by atoms with Crippen LogP contribution in [0.15, 0.2) is 36.4 Å². The first kappa shape index (κ1) is 12.0. The minimum atomic E-state index is 1.08. The summed E-state index contributed by atoms with van der Waals surface area (Å²) >= 11 is 3.49. The molecule has 4 aromatic rings. The predicted molar refractivity (Wildman–Crippen MR) is 87.7 cm³/mol. The van der Waals surface area contributed by atoms with Crippen LogP contribution in [0.4, 0.5) is 0 Å². The number of hydrogen-bond donors (Lipinski definition) is 0. The van der Waals surface area contributed by atoms with Crippen LogP contribution in [0.3, 0.4) is 0 Å². The predicted octanol–water partition coefficient (Wildman–Crippen LogP) is 5.19. The average Bonchev–Trinajstić information content (AvgIpc) is 2.99. The molecule has 0 atom stereocenters. The maximum absolute atomic E-state index is 4.74. The summed E-state index contributed by atoms with van der Waals surface area (Å²) in [6.45, 7) is 4.16. The highest BCUT2D eigenvalue weighted by Gasteiger charge is 2.08. The second-order valence-electron chi connectivity index (χ2n) is 4.91. The van der Waals surface area contributed by atoms with Crippen molar-refractivity contribution in [2.24, 2.45) is 0 Å². The quantitative estimate of drug-likeness (QED) is 0.483. The summed E-state index contributed by atoms with van der Waals surface area (Å²) in [5.41, 5.74) is 4.62. The van der Waals surface area contributed by atoms with Crippen molar-refractivity contribution in [3.63, 3.8) is 0 Å². The smallest absolute Gasteiger partial charge is 0.124 e. The fourth-order valence-electron chi connectivity index (χ4n) is 2.33. The van der Waals surface area contributed by atoms with E-state index >= 15 is 0 Å². The fraction of sp³-hybridized carbons (Fsp3) is 0.125. The van der Waals surface area contributed by atoms with E-state index in [1.54, 1.807) is 22.7 Å². The van der Waals surface area contributed by atoms with Gasteiger partial charge in [-0.15, -0.1) is 22.7 Å². The van der Waals surface area contributed by atoms with Crippen LogP contribution in [0.25, 0.3) is 31.0 Å². The van der Waals surface area contributed by atoms with Gasteiger partial charge < -0.3 is 0 Å². The van der Waals surface area contributed by atoms with E-state index in [9.17, 15) is 0 Å². The van der Waals surface area contributed by atoms with E-state index in [0.717, 1.165) is 21.0 Å². The van der Waals surface area contributed by atoms with Gasteiger partial charge in [0.05, 0.1) is 25.4 Å². The second-order valence-corrected chi connectivity index (χ2v) is 7.17. The van der Waals surface area contributed by atoms with E-state index in [2.05, 4.69) is 48.3 Å². The lowest BCUT2D eigenvalue weighted by molar-refractivity contribution is 1.35. The topological polar surface area (TPSA) is 25.8 Å². The van der Waals surface area contributed by atoms with E-state index < -0.39 is 0 Å². The van der Waals surface area contributed by atoms with E-state index in [1.165, 1.54) is 20.5 Å². The highest BCUT2D eigenvalue weighted by molar-refractivity contribution is 7.21. The molecule has 0 aliphatic carbocycles. The first-order chi connectivity index (χ1) is 9.69. The van der Waals surface area contributed by atoms with Crippen LogP contribution in [-0.2, 0) is 0 Å². The summed E-state index contributed by atoms with van der Waals surface area (Å²) < 4.78 is 2.48. The number of aryl methyl sites for hydroxylation is 2. The SMILES string of the molecule is Cc1ccc2nc(-c3ccc4nc(C)sc4c3)sc2c1. The van der Waals surface area contributed by atoms with Crippen molar-refractivity contribution in [2.75, 3.05) is 0 Å². The minimum absolute atomic E-state index is 1.08. The number of fused-ring (bicyclic) bond motifs is 2. The van der Waals surface area contributed by atoms with E-state index in [4.69, 9.17) is 4.98 Å². The van der Waals surface area contributed by atoms with E-state index in [0.29, 0.717) is 0 Å². The lowest BCUT2D eigenvalue weighted by Crippen LogP contribution is -1.76. The summed E-state index contributed by atoms with van der Waals surface area (Å²) in [7, 11) is 0. The maximum atomic E-state index is 4.74. The summed E-state index contributed by atoms with van der Waals surface area (Å²) in [6, 6.07) is 12.8. The lowest BCUT2D eigenvalue weighted by atomic mass is 10.2. The lowest BCUT2D eigenvalue weighted by Gasteiger charge is -1.95. The largest absolute Gasteiger partial charge is 0.242 e. The Labute approximate surface area is 124 Å². The van der Waals surface area contributed by atoms with Gasteiger partial charge >= 0.3 is 0 Å². The molecular formula is C16H12N2S2. The van der Waals surface area contributed by atoms with Crippen LogP contribution in [0.1, 0.15) is 10.6 Å². The normalized spacial score (nSPS) is 11.5. The molecule has 0 saturated heterocycles. The van der Waals surface area contributed by atoms with Crippen LogP contribution < -0.4 is 0 Å². The Balaban J connectivity index is 1.90. The highest BCUT2D eigenvalue weighted by Crippen LogP contribution is 2.33. The number of hydrogen-bond acceptors (Lipinski definition) is 4. The van der Waals surface area contributed by atoms with Crippen molar-refractivity contribution in [3.05, 3.63) is 47.0 Å². The van der Waals surface area contributed by atoms with Gasteiger partial charge in [0.15, 0.2) is 0 Å². The van der Waals surface area contributed by atoms with E-state index in [-0.39, 0.29) is 0 Å². The van der Waals surface area contributed by atoms with Crippen molar-refractivity contribution >= 4 is 43.1 Å². The molecule has 2 aromatic carbocycles. The number of thiazole rings is 2. The third-order valence-corrected chi connectivity index (χ3v) is 5.29. The minimum Gasteiger partial charge on any atom is -0.242 e. The van der Waals surface area contributed by atoms with Gasteiger partial charge in [-0.2, -0.15) is 0 Å². The summed E-state index contributed by atoms with van der Waals surface area (Å²) in [5.74, 6) is 0. The van der Waals surface area contributed by atoms with Gasteiger partial charge in [0.25, 0.3) is 0 Å². The van der Waals surface area contributed by atoms with Crippen LogP contribution in [0, 0.1) is 13.8 Å². The molecule has 0 amide bonds. The first-order valence-electron chi connectivity index (χ1n) is 6.44. The molecule has 0 aliphatic heterocycles. The Morgan fingerprint density at radius 1 is 0.800 bits per heavy atom. The van der Waals surface area contributed by atoms with Gasteiger partial charge in [-0.25, -0.2) is 9.97 Å². The monoisotopic (exact) mass is 296 g/mol. The zero-order valence-corrected chi connectivity index (χ0v) is 12.8.